The van der Waals surface area contributed by atoms with Crippen LogP contribution in [0.1, 0.15) is 0 Å². The topological polar surface area (TPSA) is 58.5 Å². The van der Waals surface area contributed by atoms with Crippen molar-refractivity contribution in [1.29, 1.82) is 0 Å². The van der Waals surface area contributed by atoms with Crippen molar-refractivity contribution in [3.05, 3.63) is 0 Å². The first-order valence-electron chi connectivity index (χ1n) is 3.12. The predicted octanol–water partition coefficient (Wildman–Crippen LogP) is -0.679. The van der Waals surface area contributed by atoms with Crippen molar-refractivity contribution in [3.8, 4) is 0 Å². The summed E-state index contributed by atoms with van der Waals surface area (Å²) in [5.74, 6) is 11.0. The molecule has 2 heterocycles. The Kier molecular flexibility index (Phi) is 1.77. The van der Waals surface area contributed by atoms with E-state index in [4.69, 9.17) is 60.6 Å². The van der Waals surface area contributed by atoms with Crippen molar-refractivity contribution in [2.24, 2.45) is 11.7 Å². The van der Waals surface area contributed by atoms with Gasteiger partial charge in [-0.05, 0) is 0 Å². The van der Waals surface area contributed by atoms with Gasteiger partial charge in [0.1, 0.15) is 0 Å². The maximum absolute atomic E-state index is 5.48. The Bertz CT molecular complexity index is 303. The van der Waals surface area contributed by atoms with Crippen LogP contribution in [0.2, 0.25) is 0 Å². The van der Waals surface area contributed by atoms with Crippen LogP contribution >= 0.6 is 48.9 Å². The lowest BCUT2D eigenvalue weighted by atomic mass is 10.3. The van der Waals surface area contributed by atoms with Gasteiger partial charge in [-0.2, -0.15) is 10.0 Å². The fraction of sp³-hybridized carbons (Fsp3) is 0. The number of hydrazine groups is 2. The van der Waals surface area contributed by atoms with Crippen LogP contribution in [0.5, 0.6) is 0 Å². The summed E-state index contributed by atoms with van der Waals surface area (Å²) < 4.78 is -0.0532. The summed E-state index contributed by atoms with van der Waals surface area (Å²) in [6, 6.07) is 0. The van der Waals surface area contributed by atoms with Crippen LogP contribution < -0.4 is 11.7 Å². The van der Waals surface area contributed by atoms with Gasteiger partial charge in [-0.1, -0.05) is 4.48 Å². The van der Waals surface area contributed by atoms with E-state index in [0.717, 1.165) is 0 Å². The largest absolute Gasteiger partial charge is 0.318 e. The molecule has 0 saturated carbocycles. The van der Waals surface area contributed by atoms with E-state index >= 15 is 0 Å². The third-order valence-electron chi connectivity index (χ3n) is 1.97. The van der Waals surface area contributed by atoms with E-state index in [9.17, 15) is 0 Å². The molecular formula is C4H4N5S4+. The molecule has 2 rings (SSSR count). The average Bonchev–Trinajstić information content (AvgIpc) is 2.16. The highest BCUT2D eigenvalue weighted by molar-refractivity contribution is 7.85. The standard InChI is InChI=1S/C4H4N5S4/c5-7-1(10)9(2(7)11)3(12)8(6)4(9)13/h5-6H2/q+1. The molecule has 2 saturated heterocycles. The van der Waals surface area contributed by atoms with Gasteiger partial charge in [0, 0.05) is 48.9 Å². The highest BCUT2D eigenvalue weighted by Gasteiger charge is 2.72. The van der Waals surface area contributed by atoms with Crippen LogP contribution in [0.4, 0.5) is 0 Å². The fourth-order valence-corrected chi connectivity index (χ4v) is 3.06. The van der Waals surface area contributed by atoms with Crippen molar-refractivity contribution in [2.45, 2.75) is 0 Å². The van der Waals surface area contributed by atoms with Crippen LogP contribution in [-0.2, 0) is 0 Å². The molecule has 2 aliphatic heterocycles. The van der Waals surface area contributed by atoms with Gasteiger partial charge in [-0.15, -0.1) is 0 Å². The van der Waals surface area contributed by atoms with Crippen LogP contribution in [0, 0.1) is 0 Å². The average molecular weight is 250 g/mol. The molecule has 0 aliphatic carbocycles. The number of thiocarbonyl (C=S) groups is 4. The zero-order chi connectivity index (χ0) is 9.96. The van der Waals surface area contributed by atoms with E-state index in [1.807, 2.05) is 0 Å². The molecule has 2 fully saturated rings. The van der Waals surface area contributed by atoms with Gasteiger partial charge in [-0.3, -0.25) is 0 Å². The second kappa shape index (κ2) is 2.45. The first-order chi connectivity index (χ1) is 5.95. The zero-order valence-electron chi connectivity index (χ0n) is 6.13. The summed E-state index contributed by atoms with van der Waals surface area (Å²) in [6.45, 7) is 0. The molecule has 0 amide bonds. The number of quaternary nitrogens is 1. The van der Waals surface area contributed by atoms with Crippen LogP contribution in [0.15, 0.2) is 0 Å². The third kappa shape index (κ3) is 0.722. The highest BCUT2D eigenvalue weighted by Crippen LogP contribution is 2.35. The molecule has 9 heteroatoms. The van der Waals surface area contributed by atoms with Gasteiger partial charge >= 0.3 is 20.4 Å². The fourth-order valence-electron chi connectivity index (χ4n) is 1.21. The number of hydrogen-bond donors (Lipinski definition) is 2. The molecule has 13 heavy (non-hydrogen) atoms. The second-order valence-corrected chi connectivity index (χ2v) is 4.00. The van der Waals surface area contributed by atoms with Gasteiger partial charge in [0.05, 0.1) is 0 Å². The minimum Gasteiger partial charge on any atom is -0.233 e. The summed E-state index contributed by atoms with van der Waals surface area (Å²) >= 11 is 20.0. The molecule has 0 bridgehead atoms. The number of rotatable bonds is 0. The molecular weight excluding hydrogens is 246 g/mol. The molecule has 0 aromatic carbocycles. The van der Waals surface area contributed by atoms with Gasteiger partial charge in [0.15, 0.2) is 0 Å². The van der Waals surface area contributed by atoms with Crippen molar-refractivity contribution in [3.63, 3.8) is 0 Å². The monoisotopic (exact) mass is 250 g/mol. The lowest BCUT2D eigenvalue weighted by molar-refractivity contribution is -0.608. The van der Waals surface area contributed by atoms with Gasteiger partial charge in [0.25, 0.3) is 0 Å². The van der Waals surface area contributed by atoms with Crippen molar-refractivity contribution >= 4 is 69.3 Å². The molecule has 4 N–H and O–H groups in total. The first kappa shape index (κ1) is 9.40. The van der Waals surface area contributed by atoms with Gasteiger partial charge in [0.2, 0.25) is 0 Å². The summed E-state index contributed by atoms with van der Waals surface area (Å²) in [4.78, 5) is 0. The molecule has 68 valence electrons. The maximum atomic E-state index is 5.48. The van der Waals surface area contributed by atoms with Gasteiger partial charge in [-0.25, -0.2) is 11.7 Å². The molecule has 0 aromatic heterocycles. The Labute approximate surface area is 95.4 Å². The van der Waals surface area contributed by atoms with E-state index in [1.54, 1.807) is 0 Å². The zero-order valence-corrected chi connectivity index (χ0v) is 9.40. The van der Waals surface area contributed by atoms with Crippen LogP contribution in [0.25, 0.3) is 0 Å². The molecule has 0 unspecified atom stereocenters. The minimum atomic E-state index is -0.0532. The maximum Gasteiger partial charge on any atom is 0.318 e. The SMILES string of the molecule is NN1C(=S)[N+]2(C1=S)C(=S)N(N)C2=S. The van der Waals surface area contributed by atoms with Crippen molar-refractivity contribution in [2.75, 3.05) is 0 Å². The van der Waals surface area contributed by atoms with Gasteiger partial charge < -0.3 is 0 Å². The van der Waals surface area contributed by atoms with E-state index in [1.165, 1.54) is 10.0 Å². The van der Waals surface area contributed by atoms with Crippen molar-refractivity contribution < 1.29 is 4.48 Å². The number of hydrogen-bond acceptors (Lipinski definition) is 6. The molecule has 0 radical (unpaired) electrons. The Morgan fingerprint density at radius 2 is 1.00 bits per heavy atom. The summed E-state index contributed by atoms with van der Waals surface area (Å²) in [6.07, 6.45) is 0. The van der Waals surface area contributed by atoms with Crippen LogP contribution in [0.3, 0.4) is 0 Å². The Morgan fingerprint density at radius 1 is 0.769 bits per heavy atom. The number of nitrogens with zero attached hydrogens (tertiary/aromatic N) is 3. The normalized spacial score (nSPS) is 25.1. The molecule has 5 nitrogen and oxygen atoms in total. The Morgan fingerprint density at radius 3 is 1.23 bits per heavy atom. The highest BCUT2D eigenvalue weighted by atomic mass is 32.1. The molecule has 0 atom stereocenters. The first-order valence-corrected chi connectivity index (χ1v) is 4.75. The number of nitrogens with two attached hydrogens (primary N) is 2. The molecule has 0 aromatic rings. The molecule has 2 aliphatic rings. The molecule has 1 spiro atoms. The van der Waals surface area contributed by atoms with E-state index < -0.39 is 0 Å². The van der Waals surface area contributed by atoms with Crippen molar-refractivity contribution in [1.82, 2.24) is 10.0 Å². The Hall–Kier alpha value is -0.160. The van der Waals surface area contributed by atoms with E-state index in [0.29, 0.717) is 20.4 Å². The van der Waals surface area contributed by atoms with E-state index in [-0.39, 0.29) is 4.48 Å². The predicted molar refractivity (Wildman–Crippen MR) is 62.7 cm³/mol. The Balaban J connectivity index is 2.46. The lowest BCUT2D eigenvalue weighted by Crippen LogP contribution is -2.92. The summed E-state index contributed by atoms with van der Waals surface area (Å²) in [5, 5.41) is 3.92. The van der Waals surface area contributed by atoms with Crippen LogP contribution in [-0.4, -0.2) is 35.0 Å². The third-order valence-corrected chi connectivity index (χ3v) is 3.85. The summed E-state index contributed by atoms with van der Waals surface area (Å²) in [7, 11) is 0. The second-order valence-electron chi connectivity index (χ2n) is 2.54. The lowest BCUT2D eigenvalue weighted by Gasteiger charge is -2.54. The smallest absolute Gasteiger partial charge is 0.233 e. The summed E-state index contributed by atoms with van der Waals surface area (Å²) in [5.41, 5.74) is 0. The minimum absolute atomic E-state index is 0.0532. The van der Waals surface area contributed by atoms with E-state index in [2.05, 4.69) is 0 Å². The quantitative estimate of drug-likeness (QED) is 0.333.